The number of piperidine rings is 1. The molecule has 2 N–H and O–H groups in total. The van der Waals surface area contributed by atoms with Gasteiger partial charge in [-0.1, -0.05) is 11.3 Å². The van der Waals surface area contributed by atoms with Crippen molar-refractivity contribution in [1.29, 1.82) is 0 Å². The molecule has 0 aliphatic carbocycles. The lowest BCUT2D eigenvalue weighted by atomic mass is 9.81. The minimum Gasteiger partial charge on any atom is -0.390 e. The molecule has 0 amide bonds. The van der Waals surface area contributed by atoms with Crippen LogP contribution in [0.25, 0.3) is 0 Å². The van der Waals surface area contributed by atoms with Gasteiger partial charge in [-0.3, -0.25) is 0 Å². The molecule has 106 valence electrons. The van der Waals surface area contributed by atoms with Crippen molar-refractivity contribution in [3.05, 3.63) is 5.01 Å². The molecule has 0 radical (unpaired) electrons. The summed E-state index contributed by atoms with van der Waals surface area (Å²) < 4.78 is 5.81. The van der Waals surface area contributed by atoms with Crippen LogP contribution in [0.15, 0.2) is 0 Å². The standard InChI is InChI=1S/C12H19N3O3S/c1-8-13-14-11(19-8)15-5-3-12(4-6-15)10(17)9(16)2-7-18-12/h9-10,16-17H,2-7H2,1H3/t9-,10-/m0/s1. The molecule has 2 aliphatic rings. The number of hydrogen-bond acceptors (Lipinski definition) is 7. The lowest BCUT2D eigenvalue weighted by Gasteiger charge is -2.48. The zero-order valence-electron chi connectivity index (χ0n) is 10.9. The maximum Gasteiger partial charge on any atom is 0.208 e. The number of aliphatic hydroxyl groups excluding tert-OH is 2. The van der Waals surface area contributed by atoms with Gasteiger partial charge in [0.2, 0.25) is 5.13 Å². The van der Waals surface area contributed by atoms with Gasteiger partial charge in [0.15, 0.2) is 0 Å². The number of anilines is 1. The number of aromatic nitrogens is 2. The molecule has 19 heavy (non-hydrogen) atoms. The highest BCUT2D eigenvalue weighted by atomic mass is 32.1. The minimum absolute atomic E-state index is 0.516. The first kappa shape index (κ1) is 13.2. The lowest BCUT2D eigenvalue weighted by molar-refractivity contribution is -0.205. The summed E-state index contributed by atoms with van der Waals surface area (Å²) in [5.74, 6) is 0. The topological polar surface area (TPSA) is 78.7 Å². The summed E-state index contributed by atoms with van der Waals surface area (Å²) in [5.41, 5.74) is -0.575. The first-order valence-electron chi connectivity index (χ1n) is 6.66. The largest absolute Gasteiger partial charge is 0.390 e. The highest BCUT2D eigenvalue weighted by Gasteiger charge is 2.47. The fraction of sp³-hybridized carbons (Fsp3) is 0.833. The molecule has 0 bridgehead atoms. The van der Waals surface area contributed by atoms with E-state index < -0.39 is 17.8 Å². The van der Waals surface area contributed by atoms with Crippen molar-refractivity contribution < 1.29 is 14.9 Å². The first-order chi connectivity index (χ1) is 9.11. The Bertz CT molecular complexity index is 445. The van der Waals surface area contributed by atoms with Crippen molar-refractivity contribution in [1.82, 2.24) is 10.2 Å². The van der Waals surface area contributed by atoms with E-state index in [0.29, 0.717) is 25.9 Å². The van der Waals surface area contributed by atoms with Gasteiger partial charge in [-0.2, -0.15) is 0 Å². The number of ether oxygens (including phenoxy) is 1. The predicted octanol–water partition coefficient (Wildman–Crippen LogP) is 0.328. The van der Waals surface area contributed by atoms with Crippen molar-refractivity contribution in [2.45, 2.75) is 44.0 Å². The van der Waals surface area contributed by atoms with Crippen LogP contribution < -0.4 is 4.90 Å². The molecular weight excluding hydrogens is 266 g/mol. The maximum absolute atomic E-state index is 10.2. The predicted molar refractivity (Wildman–Crippen MR) is 71.4 cm³/mol. The molecule has 0 unspecified atom stereocenters. The Morgan fingerprint density at radius 1 is 1.32 bits per heavy atom. The van der Waals surface area contributed by atoms with E-state index in [1.54, 1.807) is 11.3 Å². The highest BCUT2D eigenvalue weighted by molar-refractivity contribution is 7.15. The van der Waals surface area contributed by atoms with Crippen molar-refractivity contribution in [3.63, 3.8) is 0 Å². The van der Waals surface area contributed by atoms with E-state index in [2.05, 4.69) is 15.1 Å². The monoisotopic (exact) mass is 285 g/mol. The summed E-state index contributed by atoms with van der Waals surface area (Å²) >= 11 is 1.58. The van der Waals surface area contributed by atoms with E-state index in [0.717, 1.165) is 23.2 Å². The minimum atomic E-state index is -0.778. The molecule has 3 rings (SSSR count). The van der Waals surface area contributed by atoms with Crippen LogP contribution in [-0.4, -0.2) is 57.9 Å². The van der Waals surface area contributed by atoms with Crippen LogP contribution in [-0.2, 0) is 4.74 Å². The maximum atomic E-state index is 10.2. The third kappa shape index (κ3) is 2.35. The summed E-state index contributed by atoms with van der Waals surface area (Å²) in [6.45, 7) is 4.02. The average molecular weight is 285 g/mol. The van der Waals surface area contributed by atoms with Crippen molar-refractivity contribution >= 4 is 16.5 Å². The van der Waals surface area contributed by atoms with Gasteiger partial charge in [0.05, 0.1) is 18.3 Å². The summed E-state index contributed by atoms with van der Waals surface area (Å²) in [6, 6.07) is 0. The van der Waals surface area contributed by atoms with Crippen molar-refractivity contribution in [2.75, 3.05) is 24.6 Å². The fourth-order valence-electron chi connectivity index (χ4n) is 2.91. The van der Waals surface area contributed by atoms with E-state index in [1.807, 2.05) is 6.92 Å². The molecule has 6 nitrogen and oxygen atoms in total. The number of rotatable bonds is 1. The lowest BCUT2D eigenvalue weighted by Crippen LogP contribution is -2.59. The highest BCUT2D eigenvalue weighted by Crippen LogP contribution is 2.37. The summed E-state index contributed by atoms with van der Waals surface area (Å²) in [6.07, 6.45) is 0.499. The quantitative estimate of drug-likeness (QED) is 0.774. The zero-order valence-corrected chi connectivity index (χ0v) is 11.8. The van der Waals surface area contributed by atoms with E-state index in [4.69, 9.17) is 4.74 Å². The normalized spacial score (nSPS) is 30.8. The second-order valence-corrected chi connectivity index (χ2v) is 6.46. The number of aryl methyl sites for hydroxylation is 1. The SMILES string of the molecule is Cc1nnc(N2CCC3(CC2)OCC[C@H](O)[C@@H]3O)s1. The number of nitrogens with zero attached hydrogens (tertiary/aromatic N) is 3. The van der Waals surface area contributed by atoms with E-state index in [9.17, 15) is 10.2 Å². The van der Waals surface area contributed by atoms with Gasteiger partial charge in [0.1, 0.15) is 11.1 Å². The van der Waals surface area contributed by atoms with Crippen LogP contribution in [0.3, 0.4) is 0 Å². The van der Waals surface area contributed by atoms with Gasteiger partial charge >= 0.3 is 0 Å². The Labute approximate surface area is 116 Å². The molecule has 2 atom stereocenters. The van der Waals surface area contributed by atoms with Crippen LogP contribution in [0.2, 0.25) is 0 Å². The van der Waals surface area contributed by atoms with E-state index in [1.165, 1.54) is 0 Å². The zero-order chi connectivity index (χ0) is 13.5. The smallest absolute Gasteiger partial charge is 0.208 e. The third-order valence-corrected chi connectivity index (χ3v) is 5.00. The molecule has 0 aromatic carbocycles. The molecule has 2 fully saturated rings. The van der Waals surface area contributed by atoms with Gasteiger partial charge in [-0.05, 0) is 26.2 Å². The Morgan fingerprint density at radius 3 is 2.68 bits per heavy atom. The summed E-state index contributed by atoms with van der Waals surface area (Å²) in [7, 11) is 0. The average Bonchev–Trinajstić information content (AvgIpc) is 2.84. The summed E-state index contributed by atoms with van der Waals surface area (Å²) in [5, 5.41) is 30.1. The Kier molecular flexibility index (Phi) is 3.46. The molecule has 1 spiro atoms. The molecule has 1 aromatic heterocycles. The van der Waals surface area contributed by atoms with Crippen LogP contribution >= 0.6 is 11.3 Å². The Hall–Kier alpha value is -0.760. The van der Waals surface area contributed by atoms with E-state index >= 15 is 0 Å². The Morgan fingerprint density at radius 2 is 2.05 bits per heavy atom. The van der Waals surface area contributed by atoms with Crippen molar-refractivity contribution in [3.8, 4) is 0 Å². The molecule has 2 saturated heterocycles. The van der Waals surface area contributed by atoms with Gasteiger partial charge < -0.3 is 19.8 Å². The molecule has 7 heteroatoms. The fourth-order valence-corrected chi connectivity index (χ4v) is 3.65. The Balaban J connectivity index is 1.68. The van der Waals surface area contributed by atoms with Gasteiger partial charge in [0.25, 0.3) is 0 Å². The number of hydrogen-bond donors (Lipinski definition) is 2. The van der Waals surface area contributed by atoms with Gasteiger partial charge in [0, 0.05) is 13.1 Å². The molecule has 0 saturated carbocycles. The van der Waals surface area contributed by atoms with E-state index in [-0.39, 0.29) is 0 Å². The molecule has 3 heterocycles. The second kappa shape index (κ2) is 4.97. The van der Waals surface area contributed by atoms with Crippen LogP contribution in [0.5, 0.6) is 0 Å². The van der Waals surface area contributed by atoms with Crippen LogP contribution in [0.1, 0.15) is 24.3 Å². The summed E-state index contributed by atoms with van der Waals surface area (Å²) in [4.78, 5) is 2.17. The van der Waals surface area contributed by atoms with Crippen molar-refractivity contribution in [2.24, 2.45) is 0 Å². The van der Waals surface area contributed by atoms with Crippen LogP contribution in [0.4, 0.5) is 5.13 Å². The molecular formula is C12H19N3O3S. The van der Waals surface area contributed by atoms with Gasteiger partial charge in [-0.25, -0.2) is 0 Å². The number of aliphatic hydroxyl groups is 2. The van der Waals surface area contributed by atoms with Gasteiger partial charge in [-0.15, -0.1) is 10.2 Å². The third-order valence-electron chi connectivity index (χ3n) is 4.10. The molecule has 1 aromatic rings. The second-order valence-electron chi connectivity index (χ2n) is 5.30. The molecule has 2 aliphatic heterocycles. The van der Waals surface area contributed by atoms with Crippen LogP contribution in [0, 0.1) is 6.92 Å². The first-order valence-corrected chi connectivity index (χ1v) is 7.47.